The van der Waals surface area contributed by atoms with Crippen LogP contribution >= 0.6 is 0 Å². The Labute approximate surface area is 465 Å². The molecule has 3 nitrogen and oxygen atoms in total. The molecule has 2 aromatic rings. The summed E-state index contributed by atoms with van der Waals surface area (Å²) in [5.74, 6) is 4.59. The molecule has 0 saturated heterocycles. The van der Waals surface area contributed by atoms with E-state index in [1.807, 2.05) is 24.3 Å². The third-order valence-corrected chi connectivity index (χ3v) is 16.2. The minimum atomic E-state index is -0.235. The monoisotopic (exact) mass is 1020 g/mol. The van der Waals surface area contributed by atoms with Crippen LogP contribution in [-0.4, -0.2) is 12.2 Å². The number of fused-ring (bicyclic) bond motifs is 4. The maximum atomic E-state index is 7.39. The average molecular weight is 1020 g/mol. The van der Waals surface area contributed by atoms with Crippen molar-refractivity contribution in [1.29, 1.82) is 0 Å². The van der Waals surface area contributed by atoms with Gasteiger partial charge in [0.25, 0.3) is 0 Å². The number of furan rings is 1. The first-order chi connectivity index (χ1) is 35.8. The minimum Gasteiger partial charge on any atom is -0.469 e. The van der Waals surface area contributed by atoms with Crippen LogP contribution < -0.4 is 10.6 Å². The van der Waals surface area contributed by atoms with Crippen LogP contribution in [0.5, 0.6) is 0 Å². The van der Waals surface area contributed by atoms with E-state index >= 15 is 0 Å². The molecule has 0 amide bonds. The van der Waals surface area contributed by atoms with E-state index in [0.717, 1.165) is 112 Å². The smallest absolute Gasteiger partial charge is 0.236 e. The van der Waals surface area contributed by atoms with Crippen LogP contribution in [-0.2, 0) is 0 Å². The Morgan fingerprint density at radius 2 is 1.53 bits per heavy atom. The highest BCUT2D eigenvalue weighted by Gasteiger charge is 2.33. The van der Waals surface area contributed by atoms with Gasteiger partial charge in [0.15, 0.2) is 0 Å². The molecule has 405 valence electrons. The summed E-state index contributed by atoms with van der Waals surface area (Å²) < 4.78 is 7.39. The molecule has 2 heterocycles. The van der Waals surface area contributed by atoms with E-state index in [0.29, 0.717) is 29.6 Å². The Bertz CT molecular complexity index is 2830. The van der Waals surface area contributed by atoms with E-state index in [2.05, 4.69) is 239 Å². The summed E-state index contributed by atoms with van der Waals surface area (Å²) in [5, 5.41) is 1.09. The largest absolute Gasteiger partial charge is 0.469 e. The molecular weight excluding hydrogens is 920 g/mol. The van der Waals surface area contributed by atoms with E-state index < -0.39 is 0 Å². The Morgan fingerprint density at radius 3 is 2.13 bits per heavy atom. The fraction of sp³-hybridized carbons (Fsp3) is 0.444. The summed E-state index contributed by atoms with van der Waals surface area (Å²) in [6.45, 7) is 59.1. The van der Waals surface area contributed by atoms with Crippen LogP contribution in [0.25, 0.3) is 11.0 Å². The van der Waals surface area contributed by atoms with E-state index in [1.54, 1.807) is 0 Å². The van der Waals surface area contributed by atoms with Gasteiger partial charge >= 0.3 is 0 Å². The van der Waals surface area contributed by atoms with Crippen LogP contribution in [0.3, 0.4) is 0 Å². The van der Waals surface area contributed by atoms with Crippen molar-refractivity contribution in [3.8, 4) is 0 Å². The number of hydrogen-bond acceptors (Lipinski definition) is 3. The third-order valence-electron chi connectivity index (χ3n) is 16.2. The summed E-state index contributed by atoms with van der Waals surface area (Å²) >= 11 is 0. The van der Waals surface area contributed by atoms with Crippen LogP contribution in [0, 0.1) is 34.0 Å². The third kappa shape index (κ3) is 15.5. The zero-order valence-corrected chi connectivity index (χ0v) is 50.4. The van der Waals surface area contributed by atoms with Crippen molar-refractivity contribution in [3.63, 3.8) is 0 Å². The van der Waals surface area contributed by atoms with Crippen LogP contribution in [0.2, 0.25) is 0 Å². The van der Waals surface area contributed by atoms with Gasteiger partial charge in [-0.3, -0.25) is 0 Å². The van der Waals surface area contributed by atoms with Gasteiger partial charge in [0, 0.05) is 34.4 Å². The minimum absolute atomic E-state index is 0.162. The zero-order valence-electron chi connectivity index (χ0n) is 50.4. The van der Waals surface area contributed by atoms with Gasteiger partial charge in [-0.15, -0.1) is 0 Å². The second kappa shape index (κ2) is 26.5. The van der Waals surface area contributed by atoms with Crippen molar-refractivity contribution in [3.05, 3.63) is 216 Å². The molecule has 1 aromatic heterocycles. The number of rotatable bonds is 19. The van der Waals surface area contributed by atoms with Crippen LogP contribution in [0.1, 0.15) is 185 Å². The van der Waals surface area contributed by atoms with Crippen molar-refractivity contribution < 1.29 is 4.42 Å². The summed E-state index contributed by atoms with van der Waals surface area (Å²) in [7, 11) is 2.23. The van der Waals surface area contributed by atoms with Crippen LogP contribution in [0.4, 0.5) is 5.69 Å². The van der Waals surface area contributed by atoms with Gasteiger partial charge in [0.1, 0.15) is 5.58 Å². The quantitative estimate of drug-likeness (QED) is 0.103. The normalized spacial score (nSPS) is 22.8. The van der Waals surface area contributed by atoms with Crippen LogP contribution in [0.15, 0.2) is 209 Å². The molecule has 1 fully saturated rings. The maximum Gasteiger partial charge on any atom is 0.236 e. The highest BCUT2D eigenvalue weighted by atomic mass is 16.3. The molecule has 76 heavy (non-hydrogen) atoms. The average Bonchev–Trinajstić information content (AvgIpc) is 3.71. The standard InChI is InChI=1S/C72H98BN2O/c1-22-26-28-29-31-57(35-32-49(5)6)65(25-4)75-60(42-55(13)70(15,16)17)38-41-74(66(56(14)51(9)30-27-23-2)43-58-47-71(18,19)39-37-52(58)10)61(44-59(24-3)72(20,21)40-36-50(7)8)48-73-69-68(75)64-45-62-53(11)33-34-54(12)63(62)46-67(64)76-69/h22-31,35,38,41-46,48-50,52-54H,1-3,9,13,32-34,36-37,39-40,47H2,4-8,10-12,14-21H3/b28-26-,30-27-,31-29+,41-38+,57-35-,58-43+,59-44+,60-42+,61-48-,65-25+,66-56-. The van der Waals surface area contributed by atoms with Gasteiger partial charge in [-0.2, -0.15) is 0 Å². The number of hydrogen-bond donors (Lipinski definition) is 0. The lowest BCUT2D eigenvalue weighted by Crippen LogP contribution is -2.31. The van der Waals surface area contributed by atoms with Gasteiger partial charge in [-0.1, -0.05) is 215 Å². The van der Waals surface area contributed by atoms with E-state index in [1.165, 1.54) is 28.7 Å². The van der Waals surface area contributed by atoms with Crippen molar-refractivity contribution in [2.24, 2.45) is 34.0 Å². The molecule has 0 bridgehead atoms. The molecule has 1 aliphatic heterocycles. The summed E-state index contributed by atoms with van der Waals surface area (Å²) in [6.07, 6.45) is 43.4. The Balaban J connectivity index is 2.09. The molecule has 1 aromatic carbocycles. The predicted octanol–water partition coefficient (Wildman–Crippen LogP) is 20.8. The van der Waals surface area contributed by atoms with E-state index in [9.17, 15) is 0 Å². The fourth-order valence-corrected chi connectivity index (χ4v) is 10.6. The Hall–Kier alpha value is -5.74. The lowest BCUT2D eigenvalue weighted by Gasteiger charge is -2.37. The number of benzene rings is 1. The summed E-state index contributed by atoms with van der Waals surface area (Å²) in [6, 6.07) is 4.82. The van der Waals surface area contributed by atoms with Crippen molar-refractivity contribution in [2.45, 2.75) is 174 Å². The van der Waals surface area contributed by atoms with Gasteiger partial charge in [0.05, 0.1) is 11.3 Å². The molecule has 2 aliphatic carbocycles. The molecule has 1 saturated carbocycles. The molecule has 5 rings (SSSR count). The SMILES string of the molecule is C=C\C=C/C=C/C(=C/CC(C)C)C(=C\C)/N1C(=C/C(=C)C(C)(C)C)/C=C/N(C(/C=C2\CC(C)(C)CCC2C)=C(/C)C(=C)/C=C\C=C)C(/C=C(\C=C)C(C)(C)CCC(C)C)=C\[B]c2oc3cc4c(cc3c21)C(C)CCC4C. The van der Waals surface area contributed by atoms with E-state index in [4.69, 9.17) is 17.6 Å². The van der Waals surface area contributed by atoms with Gasteiger partial charge in [-0.05, 0) is 180 Å². The maximum absolute atomic E-state index is 7.39. The Morgan fingerprint density at radius 1 is 0.855 bits per heavy atom. The lowest BCUT2D eigenvalue weighted by molar-refractivity contribution is 0.255. The molecule has 3 unspecified atom stereocenters. The highest BCUT2D eigenvalue weighted by molar-refractivity contribution is 6.60. The summed E-state index contributed by atoms with van der Waals surface area (Å²) in [4.78, 5) is 4.87. The van der Waals surface area contributed by atoms with Crippen molar-refractivity contribution >= 4 is 29.6 Å². The molecule has 3 aliphatic rings. The Kier molecular flexibility index (Phi) is 21.4. The molecule has 4 heteroatoms. The number of allylic oxidation sites excluding steroid dienone is 20. The first-order valence-electron chi connectivity index (χ1n) is 28.7. The number of anilines is 1. The number of nitrogens with zero attached hydrogens (tertiary/aromatic N) is 2. The molecule has 1 radical (unpaired) electrons. The highest BCUT2D eigenvalue weighted by Crippen LogP contribution is 2.46. The van der Waals surface area contributed by atoms with Crippen molar-refractivity contribution in [2.75, 3.05) is 4.90 Å². The second-order valence-corrected chi connectivity index (χ2v) is 25.5. The second-order valence-electron chi connectivity index (χ2n) is 25.5. The van der Waals surface area contributed by atoms with Gasteiger partial charge in [-0.25, -0.2) is 0 Å². The first-order valence-corrected chi connectivity index (χ1v) is 28.7. The lowest BCUT2D eigenvalue weighted by atomic mass is 9.70. The molecular formula is C72H98BN2O. The molecule has 0 spiro atoms. The van der Waals surface area contributed by atoms with Gasteiger partial charge in [0.2, 0.25) is 7.28 Å². The fourth-order valence-electron chi connectivity index (χ4n) is 10.6. The van der Waals surface area contributed by atoms with Gasteiger partial charge < -0.3 is 14.2 Å². The summed E-state index contributed by atoms with van der Waals surface area (Å²) in [5.41, 5.74) is 16.1. The molecule has 0 N–H and O–H groups in total. The van der Waals surface area contributed by atoms with Crippen molar-refractivity contribution in [1.82, 2.24) is 4.90 Å². The topological polar surface area (TPSA) is 19.6 Å². The molecule has 3 atom stereocenters. The first kappa shape index (κ1) is 61.1. The zero-order chi connectivity index (χ0) is 56.3. The predicted molar refractivity (Wildman–Crippen MR) is 338 cm³/mol. The van der Waals surface area contributed by atoms with E-state index in [-0.39, 0.29) is 16.2 Å².